The van der Waals surface area contributed by atoms with Crippen molar-refractivity contribution in [1.82, 2.24) is 24.1 Å². The van der Waals surface area contributed by atoms with E-state index in [0.717, 1.165) is 17.6 Å². The summed E-state index contributed by atoms with van der Waals surface area (Å²) in [6, 6.07) is 4.55. The summed E-state index contributed by atoms with van der Waals surface area (Å²) >= 11 is 0. The lowest BCUT2D eigenvalue weighted by atomic mass is 10.1. The monoisotopic (exact) mass is 464 g/mol. The fourth-order valence-corrected chi connectivity index (χ4v) is 4.40. The zero-order valence-corrected chi connectivity index (χ0v) is 18.7. The number of pyridine rings is 1. The minimum absolute atomic E-state index is 0.162. The Balaban J connectivity index is 1.74. The molecule has 0 spiro atoms. The maximum atomic E-state index is 15.3. The minimum atomic E-state index is -0.833. The van der Waals surface area contributed by atoms with Crippen molar-refractivity contribution in [3.8, 4) is 17.0 Å². The Kier molecular flexibility index (Phi) is 5.15. The van der Waals surface area contributed by atoms with Gasteiger partial charge in [0.2, 0.25) is 0 Å². The molecule has 0 saturated carbocycles. The number of fused-ring (bicyclic) bond motifs is 2. The average Bonchev–Trinajstić information content (AvgIpc) is 3.21. The molecule has 10 heteroatoms. The van der Waals surface area contributed by atoms with Gasteiger partial charge in [-0.3, -0.25) is 4.57 Å². The van der Waals surface area contributed by atoms with Crippen LogP contribution < -0.4 is 10.6 Å². The first-order chi connectivity index (χ1) is 16.3. The third-order valence-electron chi connectivity index (χ3n) is 5.98. The Morgan fingerprint density at radius 1 is 1.18 bits per heavy atom. The molecule has 1 aliphatic heterocycles. The van der Waals surface area contributed by atoms with Crippen molar-refractivity contribution in [2.45, 2.75) is 33.0 Å². The van der Waals surface area contributed by atoms with Crippen molar-refractivity contribution in [3.63, 3.8) is 0 Å². The quantitative estimate of drug-likeness (QED) is 0.493. The highest BCUT2D eigenvalue weighted by Gasteiger charge is 2.26. The van der Waals surface area contributed by atoms with Gasteiger partial charge in [0.05, 0.1) is 29.4 Å². The van der Waals surface area contributed by atoms with E-state index in [-0.39, 0.29) is 22.9 Å². The van der Waals surface area contributed by atoms with Gasteiger partial charge in [0, 0.05) is 19.1 Å². The van der Waals surface area contributed by atoms with Crippen molar-refractivity contribution < 1.29 is 13.9 Å². The van der Waals surface area contributed by atoms with Crippen molar-refractivity contribution in [3.05, 3.63) is 70.7 Å². The molecule has 0 aliphatic carbocycles. The van der Waals surface area contributed by atoms with Crippen LogP contribution in [0.25, 0.3) is 28.4 Å². The molecule has 0 atom stereocenters. The molecule has 3 aromatic heterocycles. The number of phenolic OH excluding ortho intramolecular Hbond substituents is 1. The first-order valence-corrected chi connectivity index (χ1v) is 10.8. The number of benzene rings is 1. The number of aromatic hydroxyl groups is 1. The molecule has 4 aromatic rings. The average molecular weight is 464 g/mol. The smallest absolute Gasteiger partial charge is 0.351 e. The fourth-order valence-electron chi connectivity index (χ4n) is 4.40. The molecule has 8 nitrogen and oxygen atoms in total. The normalized spacial score (nSPS) is 13.5. The molecule has 1 aliphatic rings. The van der Waals surface area contributed by atoms with Gasteiger partial charge in [-0.2, -0.15) is 4.98 Å². The van der Waals surface area contributed by atoms with Gasteiger partial charge in [0.25, 0.3) is 0 Å². The van der Waals surface area contributed by atoms with Gasteiger partial charge in [-0.05, 0) is 38.1 Å². The molecule has 0 bridgehead atoms. The summed E-state index contributed by atoms with van der Waals surface area (Å²) in [5.41, 5.74) is -0.213. The topological polar surface area (TPSA) is 89.1 Å². The van der Waals surface area contributed by atoms with Crippen molar-refractivity contribution in [1.29, 1.82) is 0 Å². The summed E-state index contributed by atoms with van der Waals surface area (Å²) in [7, 11) is 0. The van der Waals surface area contributed by atoms with E-state index >= 15 is 4.39 Å². The van der Waals surface area contributed by atoms with E-state index in [1.807, 2.05) is 9.47 Å². The SMILES string of the molecule is C=Cc1ncc2n1CCN(c1nc(=O)n(C(C)C)c3nc(-c4c(O)cccc4F)c(F)cc13)C2. The molecule has 0 fully saturated rings. The number of nitrogens with zero attached hydrogens (tertiary/aromatic N) is 6. The number of hydrogen-bond acceptors (Lipinski definition) is 6. The van der Waals surface area contributed by atoms with Crippen LogP contribution in [-0.2, 0) is 13.1 Å². The zero-order valence-electron chi connectivity index (χ0n) is 18.7. The molecule has 174 valence electrons. The number of anilines is 1. The van der Waals surface area contributed by atoms with Gasteiger partial charge in [-0.15, -0.1) is 0 Å². The van der Waals surface area contributed by atoms with E-state index in [0.29, 0.717) is 30.8 Å². The summed E-state index contributed by atoms with van der Waals surface area (Å²) in [6.07, 6.45) is 3.41. The van der Waals surface area contributed by atoms with E-state index in [1.165, 1.54) is 22.8 Å². The lowest BCUT2D eigenvalue weighted by molar-refractivity contribution is 0.470. The van der Waals surface area contributed by atoms with Crippen LogP contribution in [0.1, 0.15) is 31.4 Å². The molecule has 0 amide bonds. The molecule has 0 radical (unpaired) electrons. The molecule has 1 N–H and O–H groups in total. The van der Waals surface area contributed by atoms with Gasteiger partial charge >= 0.3 is 5.69 Å². The molecular weight excluding hydrogens is 442 g/mol. The van der Waals surface area contributed by atoms with Crippen LogP contribution in [-0.4, -0.2) is 35.7 Å². The Morgan fingerprint density at radius 2 is 1.97 bits per heavy atom. The second-order valence-corrected chi connectivity index (χ2v) is 8.39. The second-order valence-electron chi connectivity index (χ2n) is 8.39. The number of hydrogen-bond donors (Lipinski definition) is 1. The Hall–Kier alpha value is -4.08. The van der Waals surface area contributed by atoms with E-state index in [1.54, 1.807) is 26.1 Å². The van der Waals surface area contributed by atoms with E-state index in [2.05, 4.69) is 21.5 Å². The van der Waals surface area contributed by atoms with Crippen LogP contribution in [0.3, 0.4) is 0 Å². The van der Waals surface area contributed by atoms with Gasteiger partial charge in [-0.1, -0.05) is 12.6 Å². The molecule has 0 saturated heterocycles. The van der Waals surface area contributed by atoms with Crippen LogP contribution in [0.5, 0.6) is 5.75 Å². The molecule has 4 heterocycles. The van der Waals surface area contributed by atoms with Crippen LogP contribution in [0.2, 0.25) is 0 Å². The summed E-state index contributed by atoms with van der Waals surface area (Å²) in [4.78, 5) is 27.9. The number of imidazole rings is 1. The van der Waals surface area contributed by atoms with Crippen molar-refractivity contribution >= 4 is 22.9 Å². The Labute approximate surface area is 193 Å². The fraction of sp³-hybridized carbons (Fsp3) is 0.250. The van der Waals surface area contributed by atoms with E-state index in [4.69, 9.17) is 0 Å². The molecule has 34 heavy (non-hydrogen) atoms. The third kappa shape index (κ3) is 3.33. The van der Waals surface area contributed by atoms with Crippen molar-refractivity contribution in [2.75, 3.05) is 11.4 Å². The lowest BCUT2D eigenvalue weighted by Gasteiger charge is -2.30. The van der Waals surface area contributed by atoms with Crippen LogP contribution in [0.4, 0.5) is 14.6 Å². The van der Waals surface area contributed by atoms with Crippen LogP contribution >= 0.6 is 0 Å². The molecule has 1 aromatic carbocycles. The summed E-state index contributed by atoms with van der Waals surface area (Å²) in [6.45, 7) is 8.84. The number of rotatable bonds is 4. The Morgan fingerprint density at radius 3 is 2.68 bits per heavy atom. The zero-order chi connectivity index (χ0) is 24.1. The molecular formula is C24H22F2N6O2. The maximum Gasteiger partial charge on any atom is 0.351 e. The van der Waals surface area contributed by atoms with Gasteiger partial charge in [-0.25, -0.2) is 23.5 Å². The summed E-state index contributed by atoms with van der Waals surface area (Å²) in [5.74, 6) is -1.05. The van der Waals surface area contributed by atoms with Crippen molar-refractivity contribution in [2.24, 2.45) is 0 Å². The van der Waals surface area contributed by atoms with Crippen LogP contribution in [0, 0.1) is 11.6 Å². The number of halogens is 2. The molecule has 5 rings (SSSR count). The number of aromatic nitrogens is 5. The van der Waals surface area contributed by atoms with Gasteiger partial charge in [0.1, 0.15) is 34.6 Å². The second kappa shape index (κ2) is 8.05. The first-order valence-electron chi connectivity index (χ1n) is 10.8. The largest absolute Gasteiger partial charge is 0.507 e. The third-order valence-corrected chi connectivity index (χ3v) is 5.98. The summed E-state index contributed by atoms with van der Waals surface area (Å²) < 4.78 is 33.2. The molecule has 0 unspecified atom stereocenters. The van der Waals surface area contributed by atoms with E-state index < -0.39 is 23.1 Å². The van der Waals surface area contributed by atoms with Crippen LogP contribution in [0.15, 0.2) is 41.8 Å². The predicted molar refractivity (Wildman–Crippen MR) is 125 cm³/mol. The van der Waals surface area contributed by atoms with Gasteiger partial charge in [0.15, 0.2) is 5.82 Å². The lowest BCUT2D eigenvalue weighted by Crippen LogP contribution is -2.37. The highest BCUT2D eigenvalue weighted by molar-refractivity contribution is 5.89. The highest BCUT2D eigenvalue weighted by Crippen LogP contribution is 2.35. The minimum Gasteiger partial charge on any atom is -0.507 e. The first kappa shape index (κ1) is 21.7. The predicted octanol–water partition coefficient (Wildman–Crippen LogP) is 3.88. The summed E-state index contributed by atoms with van der Waals surface area (Å²) in [5, 5.41) is 10.5. The standard InChI is InChI=1S/C24H22F2N6O2/c1-4-19-27-11-14-12-30(8-9-31(14)19)22-15-10-17(26)21(20-16(25)6-5-7-18(20)33)28-23(15)32(13(2)3)24(34)29-22/h4-7,10-11,13,33H,1,8-9,12H2,2-3H3. The van der Waals surface area contributed by atoms with Gasteiger partial charge < -0.3 is 14.6 Å². The highest BCUT2D eigenvalue weighted by atomic mass is 19.1. The Bertz CT molecular complexity index is 1490. The number of phenols is 1. The van der Waals surface area contributed by atoms with E-state index in [9.17, 15) is 14.3 Å². The maximum absolute atomic E-state index is 15.3.